The lowest BCUT2D eigenvalue weighted by atomic mass is 9.75. The van der Waals surface area contributed by atoms with E-state index in [0.717, 1.165) is 56.6 Å². The van der Waals surface area contributed by atoms with Crippen molar-refractivity contribution in [2.24, 2.45) is 5.92 Å². The van der Waals surface area contributed by atoms with E-state index in [1.54, 1.807) is 14.2 Å². The topological polar surface area (TPSA) is 69.3 Å². The summed E-state index contributed by atoms with van der Waals surface area (Å²) in [7, 11) is 3.41. The molecule has 1 spiro atoms. The molecule has 5 rings (SSSR count). The molecular weight excluding hydrogens is 468 g/mol. The number of fused-ring (bicyclic) bond motifs is 2. The largest absolute Gasteiger partial charge is 0.491 e. The molecule has 1 amide bonds. The SMILES string of the molecule is COCCCc1cc(CN(C(=O)C2CNCC[C@@]23OCc2ccccc23)C2CC2)cc(OCCOC)c1. The van der Waals surface area contributed by atoms with Crippen LogP contribution in [0.15, 0.2) is 42.5 Å². The van der Waals surface area contributed by atoms with E-state index >= 15 is 0 Å². The number of carbonyl (C=O) groups is 1. The summed E-state index contributed by atoms with van der Waals surface area (Å²) in [6, 6.07) is 15.1. The molecule has 1 saturated heterocycles. The highest BCUT2D eigenvalue weighted by Gasteiger charge is 2.53. The van der Waals surface area contributed by atoms with Crippen molar-refractivity contribution < 1.29 is 23.7 Å². The summed E-state index contributed by atoms with van der Waals surface area (Å²) >= 11 is 0. The minimum absolute atomic E-state index is 0.193. The summed E-state index contributed by atoms with van der Waals surface area (Å²) in [5, 5.41) is 3.48. The molecular formula is C30H40N2O5. The average Bonchev–Trinajstić information content (AvgIpc) is 3.70. The third-order valence-electron chi connectivity index (χ3n) is 7.86. The van der Waals surface area contributed by atoms with Crippen LogP contribution in [0, 0.1) is 5.92 Å². The van der Waals surface area contributed by atoms with Gasteiger partial charge in [0.25, 0.3) is 0 Å². The quantitative estimate of drug-likeness (QED) is 0.440. The number of hydrogen-bond donors (Lipinski definition) is 1. The maximum atomic E-state index is 14.3. The number of hydrogen-bond acceptors (Lipinski definition) is 6. The Kier molecular flexibility index (Phi) is 8.45. The van der Waals surface area contributed by atoms with Gasteiger partial charge in [0.1, 0.15) is 18.0 Å². The van der Waals surface area contributed by atoms with E-state index in [4.69, 9.17) is 18.9 Å². The van der Waals surface area contributed by atoms with E-state index in [1.807, 2.05) is 0 Å². The van der Waals surface area contributed by atoms with E-state index in [2.05, 4.69) is 52.7 Å². The van der Waals surface area contributed by atoms with E-state index in [9.17, 15) is 4.79 Å². The Morgan fingerprint density at radius 3 is 2.70 bits per heavy atom. The Morgan fingerprint density at radius 1 is 1.08 bits per heavy atom. The van der Waals surface area contributed by atoms with Crippen molar-refractivity contribution in [1.82, 2.24) is 10.2 Å². The number of rotatable bonds is 12. The number of carbonyl (C=O) groups excluding carboxylic acids is 1. The van der Waals surface area contributed by atoms with Gasteiger partial charge in [-0.05, 0) is 73.0 Å². The lowest BCUT2D eigenvalue weighted by Crippen LogP contribution is -2.55. The molecule has 0 bridgehead atoms. The molecule has 2 aliphatic heterocycles. The molecule has 2 aromatic carbocycles. The maximum Gasteiger partial charge on any atom is 0.230 e. The Hall–Kier alpha value is -2.45. The number of piperidine rings is 1. The third-order valence-corrected chi connectivity index (χ3v) is 7.86. The number of ether oxygens (including phenoxy) is 4. The van der Waals surface area contributed by atoms with Gasteiger partial charge in [-0.15, -0.1) is 0 Å². The molecule has 2 aromatic rings. The van der Waals surface area contributed by atoms with E-state index < -0.39 is 5.60 Å². The second-order valence-electron chi connectivity index (χ2n) is 10.5. The van der Waals surface area contributed by atoms with Crippen molar-refractivity contribution in [3.8, 4) is 5.75 Å². The first-order valence-electron chi connectivity index (χ1n) is 13.6. The fraction of sp³-hybridized carbons (Fsp3) is 0.567. The van der Waals surface area contributed by atoms with Gasteiger partial charge in [0, 0.05) is 40.0 Å². The number of nitrogens with one attached hydrogen (secondary N) is 1. The third kappa shape index (κ3) is 5.85. The number of methoxy groups -OCH3 is 2. The lowest BCUT2D eigenvalue weighted by molar-refractivity contribution is -0.157. The monoisotopic (exact) mass is 508 g/mol. The first kappa shape index (κ1) is 26.2. The molecule has 3 aliphatic rings. The van der Waals surface area contributed by atoms with Crippen molar-refractivity contribution >= 4 is 5.91 Å². The zero-order valence-electron chi connectivity index (χ0n) is 22.2. The maximum absolute atomic E-state index is 14.3. The van der Waals surface area contributed by atoms with Gasteiger partial charge in [0.15, 0.2) is 0 Å². The zero-order valence-corrected chi connectivity index (χ0v) is 22.2. The lowest BCUT2D eigenvalue weighted by Gasteiger charge is -2.43. The molecule has 0 aromatic heterocycles. The summed E-state index contributed by atoms with van der Waals surface area (Å²) in [6.45, 7) is 4.40. The smallest absolute Gasteiger partial charge is 0.230 e. The van der Waals surface area contributed by atoms with Gasteiger partial charge >= 0.3 is 0 Å². The summed E-state index contributed by atoms with van der Waals surface area (Å²) < 4.78 is 22.9. The van der Waals surface area contributed by atoms with Gasteiger partial charge in [-0.1, -0.05) is 30.3 Å². The summed E-state index contributed by atoms with van der Waals surface area (Å²) in [5.41, 5.74) is 4.17. The second-order valence-corrected chi connectivity index (χ2v) is 10.5. The number of aryl methyl sites for hydroxylation is 1. The highest BCUT2D eigenvalue weighted by Crippen LogP contribution is 2.47. The van der Waals surface area contributed by atoms with Crippen molar-refractivity contribution in [3.63, 3.8) is 0 Å². The van der Waals surface area contributed by atoms with Crippen LogP contribution in [0.4, 0.5) is 0 Å². The molecule has 2 atom stereocenters. The fourth-order valence-corrected chi connectivity index (χ4v) is 5.87. The standard InChI is InChI=1S/C30H40N2O5/c1-34-13-5-6-22-16-23(18-26(17-22)36-15-14-35-2)20-32(25-9-10-25)29(33)28-19-31-12-11-30(28)27-8-4-3-7-24(27)21-37-30/h3-4,7-8,16-18,25,28,31H,5-6,9-15,19-21H2,1-2H3/t28?,30-/m0/s1. The van der Waals surface area contributed by atoms with Crippen LogP contribution < -0.4 is 10.1 Å². The van der Waals surface area contributed by atoms with Crippen molar-refractivity contribution in [2.45, 2.75) is 56.9 Å². The minimum atomic E-state index is -0.539. The molecule has 37 heavy (non-hydrogen) atoms. The van der Waals surface area contributed by atoms with E-state index in [-0.39, 0.29) is 17.9 Å². The van der Waals surface area contributed by atoms with Crippen molar-refractivity contribution in [2.75, 3.05) is 47.1 Å². The van der Waals surface area contributed by atoms with Gasteiger partial charge in [0.2, 0.25) is 5.91 Å². The summed E-state index contributed by atoms with van der Waals surface area (Å²) in [4.78, 5) is 16.4. The molecule has 200 valence electrons. The van der Waals surface area contributed by atoms with Crippen LogP contribution in [-0.4, -0.2) is 64.0 Å². The molecule has 2 fully saturated rings. The van der Waals surface area contributed by atoms with Gasteiger partial charge < -0.3 is 29.2 Å². The van der Waals surface area contributed by atoms with Crippen LogP contribution in [0.3, 0.4) is 0 Å². The molecule has 7 heteroatoms. The van der Waals surface area contributed by atoms with E-state index in [0.29, 0.717) is 32.9 Å². The van der Waals surface area contributed by atoms with Gasteiger partial charge in [0.05, 0.1) is 19.1 Å². The zero-order chi connectivity index (χ0) is 25.7. The number of amides is 1. The van der Waals surface area contributed by atoms with Crippen LogP contribution in [-0.2, 0) is 44.2 Å². The molecule has 1 unspecified atom stereocenters. The normalized spacial score (nSPS) is 22.7. The first-order chi connectivity index (χ1) is 18.1. The summed E-state index contributed by atoms with van der Waals surface area (Å²) in [6.07, 6.45) is 4.77. The second kappa shape index (κ2) is 11.9. The Bertz CT molecular complexity index is 1040. The predicted molar refractivity (Wildman–Crippen MR) is 141 cm³/mol. The predicted octanol–water partition coefficient (Wildman–Crippen LogP) is 3.82. The first-order valence-corrected chi connectivity index (χ1v) is 13.6. The van der Waals surface area contributed by atoms with Crippen LogP contribution >= 0.6 is 0 Å². The molecule has 2 heterocycles. The van der Waals surface area contributed by atoms with E-state index in [1.165, 1.54) is 16.7 Å². The van der Waals surface area contributed by atoms with Gasteiger partial charge in [-0.3, -0.25) is 4.79 Å². The van der Waals surface area contributed by atoms with Crippen molar-refractivity contribution in [3.05, 3.63) is 64.7 Å². The Labute approximate surface area is 220 Å². The minimum Gasteiger partial charge on any atom is -0.491 e. The van der Waals surface area contributed by atoms with Crippen LogP contribution in [0.2, 0.25) is 0 Å². The Balaban J connectivity index is 1.39. The number of nitrogens with zero attached hydrogens (tertiary/aromatic N) is 1. The van der Waals surface area contributed by atoms with Crippen molar-refractivity contribution in [1.29, 1.82) is 0 Å². The molecule has 0 radical (unpaired) electrons. The molecule has 1 saturated carbocycles. The molecule has 7 nitrogen and oxygen atoms in total. The van der Waals surface area contributed by atoms with Crippen LogP contribution in [0.5, 0.6) is 5.75 Å². The van der Waals surface area contributed by atoms with Gasteiger partial charge in [-0.25, -0.2) is 0 Å². The molecule has 1 N–H and O–H groups in total. The highest BCUT2D eigenvalue weighted by atomic mass is 16.5. The Morgan fingerprint density at radius 2 is 1.89 bits per heavy atom. The van der Waals surface area contributed by atoms with Crippen LogP contribution in [0.1, 0.15) is 47.9 Å². The van der Waals surface area contributed by atoms with Gasteiger partial charge in [-0.2, -0.15) is 0 Å². The number of benzene rings is 2. The highest BCUT2D eigenvalue weighted by molar-refractivity contribution is 5.82. The fourth-order valence-electron chi connectivity index (χ4n) is 5.87. The molecule has 1 aliphatic carbocycles. The average molecular weight is 509 g/mol. The summed E-state index contributed by atoms with van der Waals surface area (Å²) in [5.74, 6) is 0.778. The van der Waals surface area contributed by atoms with Crippen LogP contribution in [0.25, 0.3) is 0 Å².